The average Bonchev–Trinajstić information content (AvgIpc) is 3.43. The lowest BCUT2D eigenvalue weighted by molar-refractivity contribution is -0.159. The molecule has 5 rings (SSSR count). The largest absolute Gasteiger partial charge is 0.497 e. The highest BCUT2D eigenvalue weighted by Crippen LogP contribution is 2.43. The molecule has 0 bridgehead atoms. The minimum atomic E-state index is -0.865. The molecule has 186 valence electrons. The molecule has 2 unspecified atom stereocenters. The summed E-state index contributed by atoms with van der Waals surface area (Å²) in [5.41, 5.74) is 7.20. The van der Waals surface area contributed by atoms with Gasteiger partial charge in [0.05, 0.1) is 33.1 Å². The van der Waals surface area contributed by atoms with E-state index in [1.807, 2.05) is 24.3 Å². The SMILES string of the molecule is COc1cc(C)c(C2=NOC3(C2)C(c2c(C)cc(OC)cc2C)=NOC3N2CCOCC2)c(C)c1. The number of morpholine rings is 1. The van der Waals surface area contributed by atoms with Gasteiger partial charge in [0.25, 0.3) is 0 Å². The van der Waals surface area contributed by atoms with Crippen molar-refractivity contribution in [2.45, 2.75) is 45.9 Å². The molecule has 8 nitrogen and oxygen atoms in total. The van der Waals surface area contributed by atoms with Crippen molar-refractivity contribution in [3.63, 3.8) is 0 Å². The van der Waals surface area contributed by atoms with Gasteiger partial charge in [-0.3, -0.25) is 4.90 Å². The standard InChI is InChI=1S/C27H33N3O5/c1-16-11-20(31-5)12-17(2)23(16)22-15-27(35-28-22)25(24-18(3)13-21(32-6)14-19(24)4)29-34-26(27)30-7-9-33-10-8-30/h11-14,26H,7-10,15H2,1-6H3. The van der Waals surface area contributed by atoms with Gasteiger partial charge in [0.15, 0.2) is 0 Å². The molecule has 2 atom stereocenters. The van der Waals surface area contributed by atoms with Gasteiger partial charge in [0.1, 0.15) is 17.2 Å². The minimum Gasteiger partial charge on any atom is -0.497 e. The average molecular weight is 480 g/mol. The summed E-state index contributed by atoms with van der Waals surface area (Å²) in [4.78, 5) is 14.8. The van der Waals surface area contributed by atoms with Crippen molar-refractivity contribution in [2.75, 3.05) is 40.5 Å². The third kappa shape index (κ3) is 3.94. The number of rotatable bonds is 5. The maximum absolute atomic E-state index is 6.42. The summed E-state index contributed by atoms with van der Waals surface area (Å²) in [6.45, 7) is 11.1. The maximum atomic E-state index is 6.42. The fourth-order valence-corrected chi connectivity index (χ4v) is 5.57. The van der Waals surface area contributed by atoms with Gasteiger partial charge in [-0.1, -0.05) is 10.3 Å². The molecular formula is C27H33N3O5. The van der Waals surface area contributed by atoms with Crippen molar-refractivity contribution < 1.29 is 23.9 Å². The van der Waals surface area contributed by atoms with E-state index < -0.39 is 11.8 Å². The van der Waals surface area contributed by atoms with Crippen molar-refractivity contribution >= 4 is 11.4 Å². The van der Waals surface area contributed by atoms with E-state index in [1.165, 1.54) is 0 Å². The van der Waals surface area contributed by atoms with E-state index in [9.17, 15) is 0 Å². The monoisotopic (exact) mass is 479 g/mol. The number of hydrogen-bond acceptors (Lipinski definition) is 8. The van der Waals surface area contributed by atoms with E-state index in [4.69, 9.17) is 23.9 Å². The first-order chi connectivity index (χ1) is 16.9. The first-order valence-corrected chi connectivity index (χ1v) is 12.0. The molecule has 0 amide bonds. The lowest BCUT2D eigenvalue weighted by atomic mass is 9.81. The second-order valence-corrected chi connectivity index (χ2v) is 9.51. The quantitative estimate of drug-likeness (QED) is 0.648. The Kier molecular flexibility index (Phi) is 6.19. The Morgan fingerprint density at radius 2 is 1.37 bits per heavy atom. The molecule has 0 aliphatic carbocycles. The zero-order valence-corrected chi connectivity index (χ0v) is 21.3. The molecule has 35 heavy (non-hydrogen) atoms. The molecule has 0 N–H and O–H groups in total. The summed E-state index contributed by atoms with van der Waals surface area (Å²) in [6, 6.07) is 8.12. The molecule has 0 aromatic heterocycles. The topological polar surface area (TPSA) is 74.1 Å². The molecule has 3 aliphatic heterocycles. The predicted octanol–water partition coefficient (Wildman–Crippen LogP) is 3.89. The number of nitrogens with zero attached hydrogens (tertiary/aromatic N) is 3. The molecular weight excluding hydrogens is 446 g/mol. The number of methoxy groups -OCH3 is 2. The van der Waals surface area contributed by atoms with Gasteiger partial charge in [0, 0.05) is 30.6 Å². The number of ether oxygens (including phenoxy) is 3. The van der Waals surface area contributed by atoms with Crippen LogP contribution in [0.3, 0.4) is 0 Å². The van der Waals surface area contributed by atoms with E-state index in [0.717, 1.165) is 69.4 Å². The van der Waals surface area contributed by atoms with Crippen molar-refractivity contribution in [3.05, 3.63) is 57.6 Å². The van der Waals surface area contributed by atoms with Crippen LogP contribution in [0, 0.1) is 27.7 Å². The van der Waals surface area contributed by atoms with Crippen LogP contribution in [0.15, 0.2) is 34.6 Å². The van der Waals surface area contributed by atoms with Crippen LogP contribution in [0.5, 0.6) is 11.5 Å². The summed E-state index contributed by atoms with van der Waals surface area (Å²) >= 11 is 0. The fraction of sp³-hybridized carbons (Fsp3) is 0.481. The van der Waals surface area contributed by atoms with Crippen LogP contribution in [-0.4, -0.2) is 68.7 Å². The summed E-state index contributed by atoms with van der Waals surface area (Å²) in [7, 11) is 3.36. The zero-order chi connectivity index (χ0) is 24.7. The maximum Gasteiger partial charge on any atom is 0.241 e. The van der Waals surface area contributed by atoms with Crippen molar-refractivity contribution in [1.82, 2.24) is 4.90 Å². The zero-order valence-electron chi connectivity index (χ0n) is 21.3. The molecule has 1 fully saturated rings. The summed E-state index contributed by atoms with van der Waals surface area (Å²) in [5.74, 6) is 1.65. The Morgan fingerprint density at radius 3 is 1.91 bits per heavy atom. The minimum absolute atomic E-state index is 0.401. The van der Waals surface area contributed by atoms with Crippen LogP contribution >= 0.6 is 0 Å². The van der Waals surface area contributed by atoms with Gasteiger partial charge in [0.2, 0.25) is 11.8 Å². The molecule has 2 aromatic carbocycles. The van der Waals surface area contributed by atoms with Gasteiger partial charge in [-0.05, 0) is 74.2 Å². The Labute approximate surface area is 206 Å². The predicted molar refractivity (Wildman–Crippen MR) is 134 cm³/mol. The Morgan fingerprint density at radius 1 is 0.829 bits per heavy atom. The lowest BCUT2D eigenvalue weighted by Crippen LogP contribution is -2.57. The number of hydrogen-bond donors (Lipinski definition) is 0. The molecule has 3 aliphatic rings. The Hall–Kier alpha value is -3.10. The van der Waals surface area contributed by atoms with E-state index >= 15 is 0 Å². The second kappa shape index (κ2) is 9.17. The van der Waals surface area contributed by atoms with E-state index in [1.54, 1.807) is 14.2 Å². The molecule has 3 heterocycles. The molecule has 0 saturated carbocycles. The van der Waals surface area contributed by atoms with Gasteiger partial charge in [-0.25, -0.2) is 0 Å². The van der Waals surface area contributed by atoms with Gasteiger partial charge >= 0.3 is 0 Å². The van der Waals surface area contributed by atoms with Crippen LogP contribution < -0.4 is 9.47 Å². The highest BCUT2D eigenvalue weighted by molar-refractivity contribution is 6.15. The van der Waals surface area contributed by atoms with Gasteiger partial charge in [-0.15, -0.1) is 0 Å². The summed E-state index contributed by atoms with van der Waals surface area (Å²) in [5, 5.41) is 9.32. The van der Waals surface area contributed by atoms with Crippen LogP contribution in [0.25, 0.3) is 0 Å². The van der Waals surface area contributed by atoms with Gasteiger partial charge < -0.3 is 23.9 Å². The first kappa shape index (κ1) is 23.6. The highest BCUT2D eigenvalue weighted by Gasteiger charge is 2.60. The number of benzene rings is 2. The van der Waals surface area contributed by atoms with Crippen molar-refractivity contribution in [2.24, 2.45) is 10.3 Å². The molecule has 1 saturated heterocycles. The number of oxime groups is 2. The van der Waals surface area contributed by atoms with Gasteiger partial charge in [-0.2, -0.15) is 0 Å². The van der Waals surface area contributed by atoms with Crippen molar-refractivity contribution in [1.29, 1.82) is 0 Å². The lowest BCUT2D eigenvalue weighted by Gasteiger charge is -2.37. The van der Waals surface area contributed by atoms with Crippen molar-refractivity contribution in [3.8, 4) is 11.5 Å². The molecule has 8 heteroatoms. The smallest absolute Gasteiger partial charge is 0.241 e. The second-order valence-electron chi connectivity index (χ2n) is 9.51. The van der Waals surface area contributed by atoms with Crippen LogP contribution in [0.2, 0.25) is 0 Å². The summed E-state index contributed by atoms with van der Waals surface area (Å²) < 4.78 is 16.6. The van der Waals surface area contributed by atoms with E-state index in [2.05, 4.69) is 42.9 Å². The summed E-state index contributed by atoms with van der Waals surface area (Å²) in [6.07, 6.45) is 0.148. The highest BCUT2D eigenvalue weighted by atomic mass is 16.7. The van der Waals surface area contributed by atoms with Crippen LogP contribution in [0.4, 0.5) is 0 Å². The Balaban J connectivity index is 1.57. The third-order valence-electron chi connectivity index (χ3n) is 7.18. The molecule has 1 spiro atoms. The normalized spacial score (nSPS) is 24.1. The first-order valence-electron chi connectivity index (χ1n) is 12.0. The number of aryl methyl sites for hydroxylation is 4. The van der Waals surface area contributed by atoms with E-state index in [-0.39, 0.29) is 0 Å². The fourth-order valence-electron chi connectivity index (χ4n) is 5.57. The Bertz CT molecular complexity index is 1160. The molecule has 2 aromatic rings. The van der Waals surface area contributed by atoms with Crippen LogP contribution in [0.1, 0.15) is 39.8 Å². The van der Waals surface area contributed by atoms with Crippen LogP contribution in [-0.2, 0) is 14.4 Å². The van der Waals surface area contributed by atoms with E-state index in [0.29, 0.717) is 19.6 Å². The third-order valence-corrected chi connectivity index (χ3v) is 7.18. The molecule has 0 radical (unpaired) electrons.